The van der Waals surface area contributed by atoms with Gasteiger partial charge in [0.25, 0.3) is 0 Å². The lowest BCUT2D eigenvalue weighted by Crippen LogP contribution is -2.31. The van der Waals surface area contributed by atoms with E-state index in [1.165, 1.54) is 18.0 Å². The van der Waals surface area contributed by atoms with Gasteiger partial charge in [0.1, 0.15) is 5.76 Å². The lowest BCUT2D eigenvalue weighted by atomic mass is 10.3. The largest absolute Gasteiger partial charge is 0.463 e. The van der Waals surface area contributed by atoms with E-state index in [-0.39, 0.29) is 11.2 Å². The van der Waals surface area contributed by atoms with Crippen molar-refractivity contribution in [3.63, 3.8) is 0 Å². The topological polar surface area (TPSA) is 58.2 Å². The van der Waals surface area contributed by atoms with Crippen molar-refractivity contribution < 1.29 is 9.21 Å². The first kappa shape index (κ1) is 14.9. The average molecular weight is 334 g/mol. The number of amidine groups is 1. The normalized spacial score (nSPS) is 20.5. The van der Waals surface area contributed by atoms with Gasteiger partial charge in [0, 0.05) is 5.02 Å². The van der Waals surface area contributed by atoms with Gasteiger partial charge >= 0.3 is 0 Å². The number of furan rings is 1. The van der Waals surface area contributed by atoms with E-state index in [2.05, 4.69) is 10.2 Å². The molecule has 2 heterocycles. The number of anilines is 1. The van der Waals surface area contributed by atoms with Crippen LogP contribution >= 0.6 is 23.4 Å². The van der Waals surface area contributed by atoms with Gasteiger partial charge in [-0.25, -0.2) is 0 Å². The van der Waals surface area contributed by atoms with Crippen molar-refractivity contribution in [3.8, 4) is 0 Å². The molecule has 3 rings (SSSR count). The molecule has 2 aromatic rings. The number of rotatable bonds is 3. The fraction of sp³-hybridized carbons (Fsp3) is 0.133. The van der Waals surface area contributed by atoms with E-state index in [1.54, 1.807) is 47.6 Å². The second-order valence-corrected chi connectivity index (χ2v) is 6.30. The molecule has 1 fully saturated rings. The molecule has 1 aromatic carbocycles. The molecule has 7 heteroatoms. The summed E-state index contributed by atoms with van der Waals surface area (Å²) in [5.74, 6) is 0.573. The Hall–Kier alpha value is -2.05. The Morgan fingerprint density at radius 2 is 2.09 bits per heavy atom. The van der Waals surface area contributed by atoms with Crippen LogP contribution in [0.2, 0.25) is 5.02 Å². The number of carbonyl (C=O) groups excluding carboxylic acids is 1. The van der Waals surface area contributed by atoms with E-state index in [1.807, 2.05) is 6.92 Å². The molecule has 1 amide bonds. The maximum absolute atomic E-state index is 12.3. The molecule has 0 N–H and O–H groups in total. The number of hydrogen-bond donors (Lipinski definition) is 0. The summed E-state index contributed by atoms with van der Waals surface area (Å²) in [6.07, 6.45) is 3.06. The molecule has 0 bridgehead atoms. The molecule has 0 saturated carbocycles. The van der Waals surface area contributed by atoms with Crippen molar-refractivity contribution in [1.29, 1.82) is 0 Å². The van der Waals surface area contributed by atoms with Gasteiger partial charge in [0.05, 0.1) is 23.4 Å². The third kappa shape index (κ3) is 3.08. The predicted octanol–water partition coefficient (Wildman–Crippen LogP) is 3.79. The van der Waals surface area contributed by atoms with Crippen LogP contribution in [-0.4, -0.2) is 22.5 Å². The number of halogens is 1. The smallest absolute Gasteiger partial charge is 0.246 e. The van der Waals surface area contributed by atoms with Crippen LogP contribution < -0.4 is 4.90 Å². The Bertz CT molecular complexity index is 726. The van der Waals surface area contributed by atoms with Crippen LogP contribution in [0.4, 0.5) is 5.69 Å². The number of carbonyl (C=O) groups is 1. The van der Waals surface area contributed by atoms with Crippen LogP contribution in [0.25, 0.3) is 0 Å². The fourth-order valence-corrected chi connectivity index (χ4v) is 2.98. The summed E-state index contributed by atoms with van der Waals surface area (Å²) < 4.78 is 5.14. The highest BCUT2D eigenvalue weighted by molar-refractivity contribution is 8.16. The zero-order chi connectivity index (χ0) is 15.5. The lowest BCUT2D eigenvalue weighted by Gasteiger charge is -2.15. The van der Waals surface area contributed by atoms with Gasteiger partial charge in [0.15, 0.2) is 5.17 Å². The van der Waals surface area contributed by atoms with E-state index in [0.717, 1.165) is 5.69 Å². The maximum Gasteiger partial charge on any atom is 0.246 e. The highest BCUT2D eigenvalue weighted by Crippen LogP contribution is 2.32. The minimum Gasteiger partial charge on any atom is -0.463 e. The molecule has 5 nitrogen and oxygen atoms in total. The third-order valence-corrected chi connectivity index (χ3v) is 4.28. The summed E-state index contributed by atoms with van der Waals surface area (Å²) in [6, 6.07) is 10.6. The van der Waals surface area contributed by atoms with E-state index in [4.69, 9.17) is 16.0 Å². The molecule has 22 heavy (non-hydrogen) atoms. The predicted molar refractivity (Wildman–Crippen MR) is 89.7 cm³/mol. The second-order valence-electron chi connectivity index (χ2n) is 4.55. The first-order valence-corrected chi connectivity index (χ1v) is 7.81. The third-order valence-electron chi connectivity index (χ3n) is 3.00. The lowest BCUT2D eigenvalue weighted by molar-refractivity contribution is -0.116. The summed E-state index contributed by atoms with van der Waals surface area (Å²) in [5, 5.41) is 9.07. The average Bonchev–Trinajstić information content (AvgIpc) is 3.10. The van der Waals surface area contributed by atoms with Crippen molar-refractivity contribution >= 4 is 46.3 Å². The standard InChI is InChI=1S/C15H12ClN3O2S/c1-10-14(20)19(12-6-4-11(16)5-7-12)15(22-10)18-17-9-13-3-2-8-21-13/h2-10H,1H3. The van der Waals surface area contributed by atoms with Gasteiger partial charge in [-0.05, 0) is 43.3 Å². The minimum absolute atomic E-state index is 0.0285. The molecule has 1 aromatic heterocycles. The second kappa shape index (κ2) is 6.37. The molecule has 112 valence electrons. The van der Waals surface area contributed by atoms with Gasteiger partial charge in [-0.2, -0.15) is 5.10 Å². The van der Waals surface area contributed by atoms with Crippen LogP contribution in [0.3, 0.4) is 0 Å². The zero-order valence-corrected chi connectivity index (χ0v) is 13.2. The highest BCUT2D eigenvalue weighted by Gasteiger charge is 2.36. The first-order valence-electron chi connectivity index (χ1n) is 6.56. The molecule has 1 aliphatic heterocycles. The van der Waals surface area contributed by atoms with Crippen molar-refractivity contribution in [2.75, 3.05) is 4.90 Å². The van der Waals surface area contributed by atoms with Gasteiger partial charge in [-0.3, -0.25) is 9.69 Å². The highest BCUT2D eigenvalue weighted by atomic mass is 35.5. The van der Waals surface area contributed by atoms with E-state index in [0.29, 0.717) is 16.0 Å². The van der Waals surface area contributed by atoms with Crippen LogP contribution in [-0.2, 0) is 4.79 Å². The number of hydrogen-bond acceptors (Lipinski definition) is 5. The molecule has 0 spiro atoms. The van der Waals surface area contributed by atoms with Crippen molar-refractivity contribution in [2.24, 2.45) is 10.2 Å². The van der Waals surface area contributed by atoms with Gasteiger partial charge in [-0.15, -0.1) is 5.10 Å². The van der Waals surface area contributed by atoms with E-state index in [9.17, 15) is 4.79 Å². The molecule has 1 atom stereocenters. The Labute approximate surface area is 136 Å². The van der Waals surface area contributed by atoms with Gasteiger partial charge in [-0.1, -0.05) is 23.4 Å². The first-order chi connectivity index (χ1) is 10.6. The van der Waals surface area contributed by atoms with Crippen LogP contribution in [0.1, 0.15) is 12.7 Å². The van der Waals surface area contributed by atoms with E-state index >= 15 is 0 Å². The number of benzene rings is 1. The summed E-state index contributed by atoms with van der Waals surface area (Å²) in [6.45, 7) is 1.84. The SMILES string of the molecule is CC1SC(=NN=Cc2ccco2)N(c2ccc(Cl)cc2)C1=O. The van der Waals surface area contributed by atoms with Crippen LogP contribution in [0, 0.1) is 0 Å². The Kier molecular flexibility index (Phi) is 4.31. The molecule has 1 unspecified atom stereocenters. The summed E-state index contributed by atoms with van der Waals surface area (Å²) in [7, 11) is 0. The monoisotopic (exact) mass is 333 g/mol. The fourth-order valence-electron chi connectivity index (χ4n) is 1.93. The van der Waals surface area contributed by atoms with Gasteiger partial charge < -0.3 is 4.42 Å². The Balaban J connectivity index is 1.88. The zero-order valence-electron chi connectivity index (χ0n) is 11.6. The summed E-state index contributed by atoms with van der Waals surface area (Å²) in [4.78, 5) is 13.9. The molecular formula is C15H12ClN3O2S. The minimum atomic E-state index is -0.201. The quantitative estimate of drug-likeness (QED) is 0.634. The number of nitrogens with zero attached hydrogens (tertiary/aromatic N) is 3. The number of thioether (sulfide) groups is 1. The molecule has 0 aliphatic carbocycles. The molecule has 1 aliphatic rings. The number of amides is 1. The van der Waals surface area contributed by atoms with Gasteiger partial charge in [0.2, 0.25) is 5.91 Å². The van der Waals surface area contributed by atoms with Crippen molar-refractivity contribution in [3.05, 3.63) is 53.4 Å². The molecular weight excluding hydrogens is 322 g/mol. The maximum atomic E-state index is 12.3. The summed E-state index contributed by atoms with van der Waals surface area (Å²) >= 11 is 7.25. The Morgan fingerprint density at radius 3 is 2.77 bits per heavy atom. The molecule has 0 radical (unpaired) electrons. The molecule has 1 saturated heterocycles. The Morgan fingerprint density at radius 1 is 1.32 bits per heavy atom. The van der Waals surface area contributed by atoms with Crippen molar-refractivity contribution in [1.82, 2.24) is 0 Å². The van der Waals surface area contributed by atoms with Crippen LogP contribution in [0.15, 0.2) is 57.3 Å². The summed E-state index contributed by atoms with van der Waals surface area (Å²) in [5.41, 5.74) is 0.721. The van der Waals surface area contributed by atoms with Crippen LogP contribution in [0.5, 0.6) is 0 Å². The van der Waals surface area contributed by atoms with E-state index < -0.39 is 0 Å². The van der Waals surface area contributed by atoms with Crippen molar-refractivity contribution in [2.45, 2.75) is 12.2 Å².